The number of aromatic nitrogens is 3. The number of halogens is 1. The van der Waals surface area contributed by atoms with Crippen LogP contribution in [0.3, 0.4) is 0 Å². The van der Waals surface area contributed by atoms with E-state index < -0.39 is 0 Å². The van der Waals surface area contributed by atoms with Crippen LogP contribution in [0.15, 0.2) is 29.3 Å². The van der Waals surface area contributed by atoms with Gasteiger partial charge in [-0.3, -0.25) is 4.79 Å². The number of hydrogen-bond acceptors (Lipinski definition) is 5. The lowest BCUT2D eigenvalue weighted by Gasteiger charge is -2.10. The van der Waals surface area contributed by atoms with Crippen LogP contribution < -0.4 is 15.6 Å². The zero-order valence-corrected chi connectivity index (χ0v) is 12.1. The Morgan fingerprint density at radius 2 is 2.38 bits per heavy atom. The van der Waals surface area contributed by atoms with Gasteiger partial charge in [0.2, 0.25) is 5.88 Å². The molecule has 2 heterocycles. The molecule has 0 aliphatic carbocycles. The molecule has 21 heavy (non-hydrogen) atoms. The van der Waals surface area contributed by atoms with Crippen molar-refractivity contribution in [1.82, 2.24) is 14.8 Å². The Bertz CT molecular complexity index is 736. The van der Waals surface area contributed by atoms with Gasteiger partial charge < -0.3 is 10.1 Å². The SMILES string of the molecule is C#CCn1ncc(Cl)c(NCc2ccnc(OC)c2)c1=O. The van der Waals surface area contributed by atoms with Gasteiger partial charge in [0.25, 0.3) is 5.56 Å². The van der Waals surface area contributed by atoms with Crippen molar-refractivity contribution in [2.45, 2.75) is 13.1 Å². The molecule has 0 radical (unpaired) electrons. The zero-order chi connectivity index (χ0) is 15.2. The number of rotatable bonds is 5. The third kappa shape index (κ3) is 3.52. The summed E-state index contributed by atoms with van der Waals surface area (Å²) in [5.74, 6) is 2.87. The number of nitrogens with one attached hydrogen (secondary N) is 1. The van der Waals surface area contributed by atoms with Gasteiger partial charge in [0, 0.05) is 18.8 Å². The van der Waals surface area contributed by atoms with Crippen molar-refractivity contribution in [2.24, 2.45) is 0 Å². The summed E-state index contributed by atoms with van der Waals surface area (Å²) < 4.78 is 6.21. The highest BCUT2D eigenvalue weighted by atomic mass is 35.5. The van der Waals surface area contributed by atoms with Crippen LogP contribution in [0.1, 0.15) is 5.56 Å². The first-order chi connectivity index (χ1) is 10.2. The van der Waals surface area contributed by atoms with Gasteiger partial charge in [-0.1, -0.05) is 17.5 Å². The minimum Gasteiger partial charge on any atom is -0.481 e. The third-order valence-electron chi connectivity index (χ3n) is 2.72. The molecule has 7 heteroatoms. The van der Waals surface area contributed by atoms with Crippen LogP contribution in [0, 0.1) is 12.3 Å². The van der Waals surface area contributed by atoms with Gasteiger partial charge >= 0.3 is 0 Å². The summed E-state index contributed by atoms with van der Waals surface area (Å²) in [6.07, 6.45) is 8.20. The molecule has 0 spiro atoms. The van der Waals surface area contributed by atoms with Gasteiger partial charge in [-0.15, -0.1) is 6.42 Å². The molecule has 2 aromatic heterocycles. The molecule has 0 aromatic carbocycles. The molecule has 2 rings (SSSR count). The number of nitrogens with zero attached hydrogens (tertiary/aromatic N) is 3. The maximum Gasteiger partial charge on any atom is 0.292 e. The van der Waals surface area contributed by atoms with Crippen LogP contribution in [0.4, 0.5) is 5.69 Å². The monoisotopic (exact) mass is 304 g/mol. The maximum atomic E-state index is 12.1. The molecule has 0 saturated carbocycles. The van der Waals surface area contributed by atoms with Crippen molar-refractivity contribution in [3.63, 3.8) is 0 Å². The lowest BCUT2D eigenvalue weighted by Crippen LogP contribution is -2.25. The van der Waals surface area contributed by atoms with Crippen LogP contribution in [-0.2, 0) is 13.1 Å². The summed E-state index contributed by atoms with van der Waals surface area (Å²) in [5, 5.41) is 7.11. The molecule has 6 nitrogen and oxygen atoms in total. The Hall–Kier alpha value is -2.52. The van der Waals surface area contributed by atoms with E-state index in [9.17, 15) is 4.79 Å². The van der Waals surface area contributed by atoms with Gasteiger partial charge in [-0.25, -0.2) is 9.67 Å². The molecule has 0 bridgehead atoms. The zero-order valence-electron chi connectivity index (χ0n) is 11.3. The van der Waals surface area contributed by atoms with Crippen molar-refractivity contribution in [1.29, 1.82) is 0 Å². The molecular weight excluding hydrogens is 292 g/mol. The van der Waals surface area contributed by atoms with Crippen molar-refractivity contribution in [2.75, 3.05) is 12.4 Å². The van der Waals surface area contributed by atoms with Gasteiger partial charge in [-0.05, 0) is 11.6 Å². The summed E-state index contributed by atoms with van der Waals surface area (Å²) in [4.78, 5) is 16.2. The minimum atomic E-state index is -0.360. The molecule has 0 aliphatic heterocycles. The Morgan fingerprint density at radius 3 is 3.10 bits per heavy atom. The van der Waals surface area contributed by atoms with Crippen LogP contribution in [0.2, 0.25) is 5.02 Å². The normalized spacial score (nSPS) is 9.95. The minimum absolute atomic E-state index is 0.0910. The molecule has 0 unspecified atom stereocenters. The lowest BCUT2D eigenvalue weighted by atomic mass is 10.2. The summed E-state index contributed by atoms with van der Waals surface area (Å²) in [6.45, 7) is 0.488. The van der Waals surface area contributed by atoms with Crippen molar-refractivity contribution >= 4 is 17.3 Å². The molecule has 108 valence electrons. The van der Waals surface area contributed by atoms with E-state index >= 15 is 0 Å². The number of ether oxygens (including phenoxy) is 1. The number of methoxy groups -OCH3 is 1. The van der Waals surface area contributed by atoms with E-state index in [2.05, 4.69) is 21.3 Å². The first kappa shape index (κ1) is 14.9. The van der Waals surface area contributed by atoms with Crippen LogP contribution in [0.25, 0.3) is 0 Å². The average Bonchev–Trinajstić information content (AvgIpc) is 2.50. The van der Waals surface area contributed by atoms with E-state index in [1.807, 2.05) is 6.07 Å². The molecule has 0 saturated heterocycles. The number of pyridine rings is 1. The molecule has 0 fully saturated rings. The number of anilines is 1. The maximum absolute atomic E-state index is 12.1. The molecule has 2 aromatic rings. The molecule has 0 atom stereocenters. The quantitative estimate of drug-likeness (QED) is 0.849. The lowest BCUT2D eigenvalue weighted by molar-refractivity contribution is 0.397. The Labute approximate surface area is 126 Å². The van der Waals surface area contributed by atoms with Gasteiger partial charge in [0.15, 0.2) is 0 Å². The second-order valence-electron chi connectivity index (χ2n) is 4.09. The van der Waals surface area contributed by atoms with Gasteiger partial charge in [0.05, 0.1) is 18.3 Å². The van der Waals surface area contributed by atoms with Gasteiger partial charge in [0.1, 0.15) is 12.2 Å². The van der Waals surface area contributed by atoms with E-state index in [4.69, 9.17) is 22.8 Å². The fourth-order valence-electron chi connectivity index (χ4n) is 1.69. The predicted molar refractivity (Wildman–Crippen MR) is 80.5 cm³/mol. The van der Waals surface area contributed by atoms with Gasteiger partial charge in [-0.2, -0.15) is 5.10 Å². The van der Waals surface area contributed by atoms with Crippen LogP contribution in [-0.4, -0.2) is 21.9 Å². The topological polar surface area (TPSA) is 69.0 Å². The fraction of sp³-hybridized carbons (Fsp3) is 0.214. The smallest absolute Gasteiger partial charge is 0.292 e. The van der Waals surface area contributed by atoms with E-state index in [1.54, 1.807) is 12.3 Å². The van der Waals surface area contributed by atoms with Crippen molar-refractivity contribution in [3.05, 3.63) is 45.5 Å². The van der Waals surface area contributed by atoms with E-state index in [0.717, 1.165) is 5.56 Å². The van der Waals surface area contributed by atoms with Crippen LogP contribution in [0.5, 0.6) is 5.88 Å². The average molecular weight is 305 g/mol. The number of hydrogen-bond donors (Lipinski definition) is 1. The molecule has 1 N–H and O–H groups in total. The van der Waals surface area contributed by atoms with E-state index in [-0.39, 0.29) is 22.8 Å². The number of terminal acetylenes is 1. The predicted octanol–water partition coefficient (Wildman–Crippen LogP) is 1.55. The molecule has 0 aliphatic rings. The second-order valence-corrected chi connectivity index (χ2v) is 4.50. The van der Waals surface area contributed by atoms with Crippen LogP contribution >= 0.6 is 11.6 Å². The Balaban J connectivity index is 2.21. The molecular formula is C14H13ClN4O2. The molecule has 0 amide bonds. The Kier molecular flexibility index (Phi) is 4.80. The largest absolute Gasteiger partial charge is 0.481 e. The van der Waals surface area contributed by atoms with E-state index in [1.165, 1.54) is 18.0 Å². The summed E-state index contributed by atoms with van der Waals surface area (Å²) in [6, 6.07) is 3.58. The fourth-order valence-corrected chi connectivity index (χ4v) is 1.88. The highest BCUT2D eigenvalue weighted by Gasteiger charge is 2.09. The van der Waals surface area contributed by atoms with Crippen molar-refractivity contribution in [3.8, 4) is 18.2 Å². The summed E-state index contributed by atoms with van der Waals surface area (Å²) in [7, 11) is 1.54. The highest BCUT2D eigenvalue weighted by Crippen LogP contribution is 2.17. The van der Waals surface area contributed by atoms with Crippen molar-refractivity contribution < 1.29 is 4.74 Å². The third-order valence-corrected chi connectivity index (χ3v) is 3.00. The van der Waals surface area contributed by atoms with E-state index in [0.29, 0.717) is 12.4 Å². The summed E-state index contributed by atoms with van der Waals surface area (Å²) >= 11 is 6.00. The first-order valence-corrected chi connectivity index (χ1v) is 6.45. The first-order valence-electron chi connectivity index (χ1n) is 6.07. The Morgan fingerprint density at radius 1 is 1.57 bits per heavy atom. The second kappa shape index (κ2) is 6.77. The standard InChI is InChI=1S/C14H13ClN4O2/c1-3-6-19-14(20)13(11(15)9-18-19)17-8-10-4-5-16-12(7-10)21-2/h1,4-5,7,9,17H,6,8H2,2H3. The highest BCUT2D eigenvalue weighted by molar-refractivity contribution is 6.32. The summed E-state index contributed by atoms with van der Waals surface area (Å²) in [5.41, 5.74) is 0.803.